The van der Waals surface area contributed by atoms with E-state index in [0.29, 0.717) is 18.5 Å². The molecule has 2 aromatic carbocycles. The molecule has 3 nitrogen and oxygen atoms in total. The Morgan fingerprint density at radius 2 is 1.53 bits per heavy atom. The van der Waals surface area contributed by atoms with Gasteiger partial charge in [-0.05, 0) is 43.3 Å². The van der Waals surface area contributed by atoms with Gasteiger partial charge in [-0.2, -0.15) is 0 Å². The van der Waals surface area contributed by atoms with Gasteiger partial charge in [0, 0.05) is 27.2 Å². The van der Waals surface area contributed by atoms with E-state index in [2.05, 4.69) is 31.9 Å². The number of fused-ring (bicyclic) bond motifs is 1. The zero-order valence-electron chi connectivity index (χ0n) is 9.82. The number of rotatable bonds is 1. The van der Waals surface area contributed by atoms with E-state index in [4.69, 9.17) is 0 Å². The smallest absolute Gasteiger partial charge is 0.234 e. The van der Waals surface area contributed by atoms with E-state index in [1.165, 1.54) is 4.90 Å². The van der Waals surface area contributed by atoms with E-state index in [9.17, 15) is 9.59 Å². The fourth-order valence-electron chi connectivity index (χ4n) is 2.32. The monoisotopic (exact) mass is 381 g/mol. The molecule has 0 spiro atoms. The molecule has 2 amide bonds. The van der Waals surface area contributed by atoms with Gasteiger partial charge in [-0.3, -0.25) is 9.59 Å². The quantitative estimate of drug-likeness (QED) is 0.698. The first kappa shape index (κ1) is 12.8. The standard InChI is InChI=1S/C14H9Br2NO2/c15-10-7-11(17-12(18)5-6-13(17)19)8-3-1-2-4-9(8)14(10)16/h1-4,7H,5-6H2. The van der Waals surface area contributed by atoms with Crippen molar-refractivity contribution in [3.05, 3.63) is 39.3 Å². The lowest BCUT2D eigenvalue weighted by atomic mass is 10.1. The summed E-state index contributed by atoms with van der Waals surface area (Å²) in [5.74, 6) is -0.270. The number of amides is 2. The molecule has 1 aliphatic heterocycles. The highest BCUT2D eigenvalue weighted by Crippen LogP contribution is 2.39. The number of imide groups is 1. The molecule has 5 heteroatoms. The summed E-state index contributed by atoms with van der Waals surface area (Å²) in [4.78, 5) is 25.1. The minimum absolute atomic E-state index is 0.135. The lowest BCUT2D eigenvalue weighted by molar-refractivity contribution is -0.121. The van der Waals surface area contributed by atoms with Gasteiger partial charge in [-0.15, -0.1) is 0 Å². The Morgan fingerprint density at radius 3 is 2.16 bits per heavy atom. The molecule has 0 aromatic heterocycles. The van der Waals surface area contributed by atoms with Crippen molar-refractivity contribution < 1.29 is 9.59 Å². The summed E-state index contributed by atoms with van der Waals surface area (Å²) < 4.78 is 1.75. The van der Waals surface area contributed by atoms with Crippen LogP contribution in [0.15, 0.2) is 39.3 Å². The zero-order chi connectivity index (χ0) is 13.6. The van der Waals surface area contributed by atoms with Gasteiger partial charge in [0.2, 0.25) is 11.8 Å². The Balaban J connectivity index is 2.32. The molecule has 0 atom stereocenters. The van der Waals surface area contributed by atoms with Crippen LogP contribution in [0.4, 0.5) is 5.69 Å². The van der Waals surface area contributed by atoms with Crippen LogP contribution >= 0.6 is 31.9 Å². The number of hydrogen-bond acceptors (Lipinski definition) is 2. The number of hydrogen-bond donors (Lipinski definition) is 0. The SMILES string of the molecule is O=C1CCC(=O)N1c1cc(Br)c(Br)c2ccccc12. The van der Waals surface area contributed by atoms with Crippen LogP contribution in [0, 0.1) is 0 Å². The summed E-state index contributed by atoms with van der Waals surface area (Å²) in [6, 6.07) is 9.52. The third-order valence-electron chi connectivity index (χ3n) is 3.21. The lowest BCUT2D eigenvalue weighted by Crippen LogP contribution is -2.28. The second-order valence-electron chi connectivity index (χ2n) is 4.36. The largest absolute Gasteiger partial charge is 0.274 e. The zero-order valence-corrected chi connectivity index (χ0v) is 13.0. The minimum atomic E-state index is -0.135. The van der Waals surface area contributed by atoms with Crippen molar-refractivity contribution in [3.63, 3.8) is 0 Å². The summed E-state index contributed by atoms with van der Waals surface area (Å²) in [5.41, 5.74) is 0.651. The van der Waals surface area contributed by atoms with Crippen LogP contribution in [-0.2, 0) is 9.59 Å². The number of carbonyl (C=O) groups is 2. The van der Waals surface area contributed by atoms with E-state index in [-0.39, 0.29) is 11.8 Å². The van der Waals surface area contributed by atoms with Gasteiger partial charge in [0.25, 0.3) is 0 Å². The number of nitrogens with zero attached hydrogens (tertiary/aromatic N) is 1. The Hall–Kier alpha value is -1.20. The molecular formula is C14H9Br2NO2. The molecule has 0 saturated carbocycles. The van der Waals surface area contributed by atoms with Crippen LogP contribution in [-0.4, -0.2) is 11.8 Å². The molecule has 0 radical (unpaired) electrons. The molecule has 96 valence electrons. The van der Waals surface area contributed by atoms with Crippen LogP contribution in [0.2, 0.25) is 0 Å². The van der Waals surface area contributed by atoms with Gasteiger partial charge in [-0.1, -0.05) is 24.3 Å². The maximum atomic E-state index is 11.9. The number of benzene rings is 2. The summed E-state index contributed by atoms with van der Waals surface area (Å²) in [6.07, 6.45) is 0.585. The molecule has 0 aliphatic carbocycles. The molecule has 3 rings (SSSR count). The molecule has 1 aliphatic rings. The van der Waals surface area contributed by atoms with Gasteiger partial charge >= 0.3 is 0 Å². The van der Waals surface area contributed by atoms with Crippen molar-refractivity contribution in [1.82, 2.24) is 0 Å². The molecule has 2 aromatic rings. The van der Waals surface area contributed by atoms with Crippen molar-refractivity contribution in [2.75, 3.05) is 4.90 Å². The first-order valence-electron chi connectivity index (χ1n) is 5.82. The molecule has 1 fully saturated rings. The third kappa shape index (κ3) is 2.01. The average Bonchev–Trinajstić information content (AvgIpc) is 2.74. The Morgan fingerprint density at radius 1 is 0.947 bits per heavy atom. The number of halogens is 2. The summed E-state index contributed by atoms with van der Waals surface area (Å²) in [6.45, 7) is 0. The van der Waals surface area contributed by atoms with Gasteiger partial charge in [-0.25, -0.2) is 4.90 Å². The van der Waals surface area contributed by atoms with Crippen molar-refractivity contribution in [1.29, 1.82) is 0 Å². The van der Waals surface area contributed by atoms with Gasteiger partial charge in [0.15, 0.2) is 0 Å². The highest BCUT2D eigenvalue weighted by atomic mass is 79.9. The highest BCUT2D eigenvalue weighted by molar-refractivity contribution is 9.13. The van der Waals surface area contributed by atoms with E-state index in [0.717, 1.165) is 19.7 Å². The normalized spacial score (nSPS) is 15.6. The summed E-state index contributed by atoms with van der Waals surface area (Å²) in [5, 5.41) is 1.86. The van der Waals surface area contributed by atoms with Gasteiger partial charge < -0.3 is 0 Å². The predicted octanol–water partition coefficient (Wildman–Crippen LogP) is 4.02. The van der Waals surface area contributed by atoms with Crippen molar-refractivity contribution in [2.45, 2.75) is 12.8 Å². The molecule has 1 saturated heterocycles. The fraction of sp³-hybridized carbons (Fsp3) is 0.143. The Labute approximate surface area is 126 Å². The molecular weight excluding hydrogens is 374 g/mol. The molecule has 1 heterocycles. The lowest BCUT2D eigenvalue weighted by Gasteiger charge is -2.18. The van der Waals surface area contributed by atoms with E-state index in [1.807, 2.05) is 30.3 Å². The summed E-state index contributed by atoms with van der Waals surface area (Å²) >= 11 is 6.98. The highest BCUT2D eigenvalue weighted by Gasteiger charge is 2.31. The third-order valence-corrected chi connectivity index (χ3v) is 5.22. The van der Waals surface area contributed by atoms with E-state index < -0.39 is 0 Å². The van der Waals surface area contributed by atoms with Crippen molar-refractivity contribution in [2.24, 2.45) is 0 Å². The van der Waals surface area contributed by atoms with Crippen LogP contribution in [0.3, 0.4) is 0 Å². The van der Waals surface area contributed by atoms with Crippen molar-refractivity contribution >= 4 is 60.1 Å². The first-order chi connectivity index (χ1) is 9.09. The number of carbonyl (C=O) groups excluding carboxylic acids is 2. The van der Waals surface area contributed by atoms with E-state index >= 15 is 0 Å². The molecule has 0 bridgehead atoms. The molecule has 0 unspecified atom stereocenters. The molecule has 0 N–H and O–H groups in total. The minimum Gasteiger partial charge on any atom is -0.274 e. The van der Waals surface area contributed by atoms with Crippen LogP contribution < -0.4 is 4.90 Å². The molecule has 19 heavy (non-hydrogen) atoms. The van der Waals surface area contributed by atoms with Gasteiger partial charge in [0.05, 0.1) is 5.69 Å². The van der Waals surface area contributed by atoms with E-state index in [1.54, 1.807) is 0 Å². The second kappa shape index (κ2) is 4.72. The second-order valence-corrected chi connectivity index (χ2v) is 6.01. The Bertz CT molecular complexity index is 696. The van der Waals surface area contributed by atoms with Crippen molar-refractivity contribution in [3.8, 4) is 0 Å². The maximum Gasteiger partial charge on any atom is 0.234 e. The first-order valence-corrected chi connectivity index (χ1v) is 7.40. The van der Waals surface area contributed by atoms with Gasteiger partial charge in [0.1, 0.15) is 0 Å². The number of anilines is 1. The predicted molar refractivity (Wildman–Crippen MR) is 81.1 cm³/mol. The maximum absolute atomic E-state index is 11.9. The topological polar surface area (TPSA) is 37.4 Å². The van der Waals surface area contributed by atoms with Crippen LogP contribution in [0.25, 0.3) is 10.8 Å². The fourth-order valence-corrected chi connectivity index (χ4v) is 3.21. The van der Waals surface area contributed by atoms with Crippen LogP contribution in [0.5, 0.6) is 0 Å². The Kier molecular flexibility index (Phi) is 3.19. The van der Waals surface area contributed by atoms with Crippen LogP contribution in [0.1, 0.15) is 12.8 Å². The average molecular weight is 383 g/mol. The summed E-state index contributed by atoms with van der Waals surface area (Å²) in [7, 11) is 0.